The monoisotopic (exact) mass is 214 g/mol. The molecule has 0 atom stereocenters. The number of imidazole rings is 1. The molecule has 0 saturated heterocycles. The summed E-state index contributed by atoms with van der Waals surface area (Å²) in [5, 5.41) is 8.48. The topological polar surface area (TPSA) is 55.1 Å². The lowest BCUT2D eigenvalue weighted by atomic mass is 10.2. The zero-order chi connectivity index (χ0) is 11.4. The van der Waals surface area contributed by atoms with Crippen LogP contribution in [0, 0.1) is 0 Å². The van der Waals surface area contributed by atoms with Gasteiger partial charge in [0.25, 0.3) is 0 Å². The predicted molar refractivity (Wildman–Crippen MR) is 60.2 cm³/mol. The number of rotatable bonds is 3. The number of hydrogen-bond donors (Lipinski definition) is 1. The second-order valence-corrected chi connectivity index (χ2v) is 3.23. The summed E-state index contributed by atoms with van der Waals surface area (Å²) in [6, 6.07) is 7.52. The minimum Gasteiger partial charge on any atom is -0.478 e. The Balaban J connectivity index is 2.20. The summed E-state index contributed by atoms with van der Waals surface area (Å²) in [5.74, 6) is -0.946. The first-order chi connectivity index (χ1) is 7.75. The molecule has 0 aliphatic carbocycles. The lowest BCUT2D eigenvalue weighted by Gasteiger charge is -2.01. The summed E-state index contributed by atoms with van der Waals surface area (Å²) in [5.41, 5.74) is 1.84. The van der Waals surface area contributed by atoms with Gasteiger partial charge in [-0.05, 0) is 23.8 Å². The molecule has 0 saturated carbocycles. The molecule has 0 spiro atoms. The quantitative estimate of drug-likeness (QED) is 0.795. The second kappa shape index (κ2) is 4.44. The number of carbonyl (C=O) groups is 1. The van der Waals surface area contributed by atoms with E-state index in [2.05, 4.69) is 4.98 Å². The van der Waals surface area contributed by atoms with Gasteiger partial charge in [0.2, 0.25) is 0 Å². The first kappa shape index (κ1) is 10.2. The molecule has 0 amide bonds. The third kappa shape index (κ3) is 2.36. The van der Waals surface area contributed by atoms with E-state index in [1.54, 1.807) is 18.6 Å². The Morgan fingerprint density at radius 3 is 2.62 bits per heavy atom. The molecule has 16 heavy (non-hydrogen) atoms. The third-order valence-corrected chi connectivity index (χ3v) is 2.11. The molecule has 1 aromatic carbocycles. The maximum Gasteiger partial charge on any atom is 0.328 e. The van der Waals surface area contributed by atoms with E-state index in [1.807, 2.05) is 35.0 Å². The molecule has 0 radical (unpaired) electrons. The molecule has 0 aliphatic heterocycles. The van der Waals surface area contributed by atoms with Crippen LogP contribution in [0.25, 0.3) is 11.8 Å². The molecule has 4 heteroatoms. The van der Waals surface area contributed by atoms with Crippen LogP contribution in [0.3, 0.4) is 0 Å². The van der Waals surface area contributed by atoms with E-state index in [9.17, 15) is 4.79 Å². The van der Waals surface area contributed by atoms with Crippen LogP contribution in [0.15, 0.2) is 49.1 Å². The van der Waals surface area contributed by atoms with Crippen LogP contribution >= 0.6 is 0 Å². The Labute approximate surface area is 92.5 Å². The first-order valence-corrected chi connectivity index (χ1v) is 4.75. The van der Waals surface area contributed by atoms with Crippen molar-refractivity contribution in [3.8, 4) is 5.69 Å². The molecule has 80 valence electrons. The molecular formula is C12H10N2O2. The van der Waals surface area contributed by atoms with Crippen molar-refractivity contribution in [3.63, 3.8) is 0 Å². The molecule has 0 fully saturated rings. The SMILES string of the molecule is O=C(O)/C=C/c1ccc(-n2ccnc2)cc1. The molecule has 0 aliphatic rings. The van der Waals surface area contributed by atoms with Gasteiger partial charge >= 0.3 is 5.97 Å². The smallest absolute Gasteiger partial charge is 0.328 e. The van der Waals surface area contributed by atoms with E-state index < -0.39 is 5.97 Å². The summed E-state index contributed by atoms with van der Waals surface area (Å²) < 4.78 is 1.88. The van der Waals surface area contributed by atoms with Crippen molar-refractivity contribution in [2.75, 3.05) is 0 Å². The highest BCUT2D eigenvalue weighted by Crippen LogP contribution is 2.10. The highest BCUT2D eigenvalue weighted by molar-refractivity contribution is 5.85. The number of nitrogens with zero attached hydrogens (tertiary/aromatic N) is 2. The molecule has 2 rings (SSSR count). The van der Waals surface area contributed by atoms with Gasteiger partial charge in [0.05, 0.1) is 6.33 Å². The third-order valence-electron chi connectivity index (χ3n) is 2.11. The van der Waals surface area contributed by atoms with E-state index in [-0.39, 0.29) is 0 Å². The van der Waals surface area contributed by atoms with Gasteiger partial charge in [0.15, 0.2) is 0 Å². The number of benzene rings is 1. The Kier molecular flexibility index (Phi) is 2.82. The normalized spacial score (nSPS) is 10.8. The Morgan fingerprint density at radius 2 is 2.06 bits per heavy atom. The largest absolute Gasteiger partial charge is 0.478 e. The predicted octanol–water partition coefficient (Wildman–Crippen LogP) is 1.97. The molecule has 1 aromatic heterocycles. The van der Waals surface area contributed by atoms with Gasteiger partial charge in [-0.2, -0.15) is 0 Å². The Morgan fingerprint density at radius 1 is 1.31 bits per heavy atom. The van der Waals surface area contributed by atoms with E-state index in [0.29, 0.717) is 0 Å². The summed E-state index contributed by atoms with van der Waals surface area (Å²) >= 11 is 0. The number of aliphatic carboxylic acids is 1. The van der Waals surface area contributed by atoms with Crippen LogP contribution in [0.2, 0.25) is 0 Å². The van der Waals surface area contributed by atoms with Gasteiger partial charge < -0.3 is 9.67 Å². The molecule has 1 N–H and O–H groups in total. The van der Waals surface area contributed by atoms with Crippen LogP contribution < -0.4 is 0 Å². The molecule has 4 nitrogen and oxygen atoms in total. The standard InChI is InChI=1S/C12H10N2O2/c15-12(16)6-3-10-1-4-11(5-2-10)14-8-7-13-9-14/h1-9H,(H,15,16)/b6-3+. The average Bonchev–Trinajstić information content (AvgIpc) is 2.80. The van der Waals surface area contributed by atoms with Crippen molar-refractivity contribution in [3.05, 3.63) is 54.6 Å². The van der Waals surface area contributed by atoms with Gasteiger partial charge in [0.1, 0.15) is 0 Å². The van der Waals surface area contributed by atoms with Crippen molar-refractivity contribution in [2.45, 2.75) is 0 Å². The lowest BCUT2D eigenvalue weighted by molar-refractivity contribution is -0.131. The van der Waals surface area contributed by atoms with Gasteiger partial charge in [-0.1, -0.05) is 12.1 Å². The fourth-order valence-electron chi connectivity index (χ4n) is 1.34. The van der Waals surface area contributed by atoms with E-state index >= 15 is 0 Å². The fraction of sp³-hybridized carbons (Fsp3) is 0. The second-order valence-electron chi connectivity index (χ2n) is 3.23. The van der Waals surface area contributed by atoms with Gasteiger partial charge in [-0.3, -0.25) is 0 Å². The van der Waals surface area contributed by atoms with Gasteiger partial charge in [-0.15, -0.1) is 0 Å². The first-order valence-electron chi connectivity index (χ1n) is 4.75. The van der Waals surface area contributed by atoms with Gasteiger partial charge in [-0.25, -0.2) is 9.78 Å². The molecule has 0 unspecified atom stereocenters. The Hall–Kier alpha value is -2.36. The summed E-state index contributed by atoms with van der Waals surface area (Å²) in [6.07, 6.45) is 7.94. The molecule has 2 aromatic rings. The van der Waals surface area contributed by atoms with Crippen LogP contribution in [0.4, 0.5) is 0 Å². The van der Waals surface area contributed by atoms with Crippen LogP contribution in [-0.4, -0.2) is 20.6 Å². The summed E-state index contributed by atoms with van der Waals surface area (Å²) in [6.45, 7) is 0. The number of aromatic nitrogens is 2. The van der Waals surface area contributed by atoms with E-state index in [0.717, 1.165) is 17.3 Å². The van der Waals surface area contributed by atoms with Crippen molar-refractivity contribution < 1.29 is 9.90 Å². The minimum absolute atomic E-state index is 0.853. The van der Waals surface area contributed by atoms with E-state index in [4.69, 9.17) is 5.11 Å². The highest BCUT2D eigenvalue weighted by Gasteiger charge is 1.94. The zero-order valence-corrected chi connectivity index (χ0v) is 8.45. The summed E-state index contributed by atoms with van der Waals surface area (Å²) in [7, 11) is 0. The maximum absolute atomic E-state index is 10.3. The zero-order valence-electron chi connectivity index (χ0n) is 8.45. The average molecular weight is 214 g/mol. The van der Waals surface area contributed by atoms with Crippen molar-refractivity contribution in [2.24, 2.45) is 0 Å². The minimum atomic E-state index is -0.946. The van der Waals surface area contributed by atoms with Crippen molar-refractivity contribution in [1.82, 2.24) is 9.55 Å². The number of carboxylic acid groups (broad SMARTS) is 1. The highest BCUT2D eigenvalue weighted by atomic mass is 16.4. The molecule has 0 bridgehead atoms. The van der Waals surface area contributed by atoms with Crippen molar-refractivity contribution in [1.29, 1.82) is 0 Å². The van der Waals surface area contributed by atoms with Crippen LogP contribution in [-0.2, 0) is 4.79 Å². The fourth-order valence-corrected chi connectivity index (χ4v) is 1.34. The lowest BCUT2D eigenvalue weighted by Crippen LogP contribution is -1.89. The summed E-state index contributed by atoms with van der Waals surface area (Å²) in [4.78, 5) is 14.3. The number of carboxylic acids is 1. The molecular weight excluding hydrogens is 204 g/mol. The van der Waals surface area contributed by atoms with E-state index in [1.165, 1.54) is 0 Å². The van der Waals surface area contributed by atoms with Crippen LogP contribution in [0.5, 0.6) is 0 Å². The number of hydrogen-bond acceptors (Lipinski definition) is 2. The Bertz CT molecular complexity index is 498. The maximum atomic E-state index is 10.3. The van der Waals surface area contributed by atoms with Crippen LogP contribution in [0.1, 0.15) is 5.56 Å². The van der Waals surface area contributed by atoms with Crippen molar-refractivity contribution >= 4 is 12.0 Å². The van der Waals surface area contributed by atoms with Gasteiger partial charge in [0, 0.05) is 24.2 Å². The molecule has 1 heterocycles.